The van der Waals surface area contributed by atoms with Crippen molar-refractivity contribution in [3.05, 3.63) is 39.6 Å². The van der Waals surface area contributed by atoms with Crippen LogP contribution in [-0.4, -0.2) is 58.0 Å². The molecule has 27 heavy (non-hydrogen) atoms. The van der Waals surface area contributed by atoms with Gasteiger partial charge < -0.3 is 14.6 Å². The van der Waals surface area contributed by atoms with Gasteiger partial charge in [0.2, 0.25) is 5.78 Å². The molecule has 1 aliphatic rings. The second-order valence-corrected chi connectivity index (χ2v) is 8.28. The van der Waals surface area contributed by atoms with Gasteiger partial charge in [0.05, 0.1) is 16.5 Å². The fourth-order valence-electron chi connectivity index (χ4n) is 2.75. The van der Waals surface area contributed by atoms with E-state index in [0.29, 0.717) is 17.0 Å². The van der Waals surface area contributed by atoms with Gasteiger partial charge in [0, 0.05) is 36.0 Å². The first-order valence-corrected chi connectivity index (χ1v) is 10.7. The minimum absolute atomic E-state index is 0.0998. The van der Waals surface area contributed by atoms with Gasteiger partial charge in [-0.2, -0.15) is 0 Å². The van der Waals surface area contributed by atoms with Crippen LogP contribution in [0.5, 0.6) is 0 Å². The van der Waals surface area contributed by atoms with Crippen molar-refractivity contribution in [2.24, 2.45) is 0 Å². The maximum atomic E-state index is 12.3. The van der Waals surface area contributed by atoms with Crippen LogP contribution >= 0.6 is 23.1 Å². The zero-order valence-corrected chi connectivity index (χ0v) is 16.7. The summed E-state index contributed by atoms with van der Waals surface area (Å²) in [5.41, 5.74) is 1.67. The highest BCUT2D eigenvalue weighted by atomic mass is 32.2. The number of H-pyrrole nitrogens is 1. The van der Waals surface area contributed by atoms with Gasteiger partial charge in [-0.25, -0.2) is 4.98 Å². The Balaban J connectivity index is 1.40. The summed E-state index contributed by atoms with van der Waals surface area (Å²) in [5, 5.41) is 2.96. The third-order valence-corrected chi connectivity index (χ3v) is 5.89. The van der Waals surface area contributed by atoms with Crippen molar-refractivity contribution in [2.45, 2.75) is 25.5 Å². The van der Waals surface area contributed by atoms with Crippen molar-refractivity contribution in [2.75, 3.05) is 25.4 Å². The van der Waals surface area contributed by atoms with Crippen LogP contribution in [0.4, 0.5) is 0 Å². The first-order valence-electron chi connectivity index (χ1n) is 8.68. The molecule has 0 aromatic carbocycles. The van der Waals surface area contributed by atoms with Gasteiger partial charge in [0.25, 0.3) is 5.91 Å². The molecular weight excluding hydrogens is 386 g/mol. The molecule has 0 unspecified atom stereocenters. The quantitative estimate of drug-likeness (QED) is 0.534. The molecule has 3 rings (SSSR count). The highest BCUT2D eigenvalue weighted by molar-refractivity contribution is 7.99. The molecule has 7 nitrogen and oxygen atoms in total. The van der Waals surface area contributed by atoms with Crippen LogP contribution in [0.1, 0.15) is 44.4 Å². The monoisotopic (exact) mass is 407 g/mol. The summed E-state index contributed by atoms with van der Waals surface area (Å²) in [5.74, 6) is -0.0790. The number of aromatic nitrogens is 2. The molecule has 0 saturated carbocycles. The number of ether oxygens (including phenoxy) is 1. The molecule has 3 heterocycles. The van der Waals surface area contributed by atoms with Crippen molar-refractivity contribution >= 4 is 40.8 Å². The van der Waals surface area contributed by atoms with Crippen LogP contribution in [-0.2, 0) is 15.3 Å². The molecule has 2 aromatic rings. The summed E-state index contributed by atoms with van der Waals surface area (Å²) < 4.78 is 5.03. The lowest BCUT2D eigenvalue weighted by molar-refractivity contribution is -0.139. The molecule has 0 bridgehead atoms. The molecule has 1 N–H and O–H groups in total. The van der Waals surface area contributed by atoms with Crippen molar-refractivity contribution in [3.8, 4) is 0 Å². The molecule has 144 valence electrons. The lowest BCUT2D eigenvalue weighted by atomic mass is 10.2. The highest BCUT2D eigenvalue weighted by Crippen LogP contribution is 2.16. The van der Waals surface area contributed by atoms with Crippen molar-refractivity contribution < 1.29 is 19.1 Å². The standard InChI is InChI=1S/C18H21N3O4S2/c1-12-20-14(10-27-12)9-26-11-17(23)25-8-16(22)13-6-15(19-7-13)18(24)21-4-2-3-5-21/h6-7,10,19H,2-5,8-9,11H2,1H3. The number of nitrogens with zero attached hydrogens (tertiary/aromatic N) is 2. The normalized spacial score (nSPS) is 13.7. The number of amides is 1. The minimum atomic E-state index is -0.441. The molecule has 0 spiro atoms. The van der Waals surface area contributed by atoms with E-state index in [-0.39, 0.29) is 24.1 Å². The smallest absolute Gasteiger partial charge is 0.316 e. The average molecular weight is 408 g/mol. The Kier molecular flexibility index (Phi) is 6.68. The first kappa shape index (κ1) is 19.6. The summed E-state index contributed by atoms with van der Waals surface area (Å²) in [4.78, 5) is 45.2. The van der Waals surface area contributed by atoms with Crippen LogP contribution in [0, 0.1) is 6.92 Å². The number of esters is 1. The number of aromatic amines is 1. The summed E-state index contributed by atoms with van der Waals surface area (Å²) >= 11 is 2.97. The fraction of sp³-hybridized carbons (Fsp3) is 0.444. The van der Waals surface area contributed by atoms with E-state index < -0.39 is 5.97 Å². The number of hydrogen-bond donors (Lipinski definition) is 1. The minimum Gasteiger partial charge on any atom is -0.457 e. The van der Waals surface area contributed by atoms with Crippen LogP contribution in [0.2, 0.25) is 0 Å². The number of thioether (sulfide) groups is 1. The Hall–Kier alpha value is -2.13. The summed E-state index contributed by atoms with van der Waals surface area (Å²) in [6.45, 7) is 3.10. The Morgan fingerprint density at radius 3 is 2.81 bits per heavy atom. The van der Waals surface area contributed by atoms with Gasteiger partial charge in [-0.05, 0) is 25.8 Å². The number of carbonyl (C=O) groups excluding carboxylic acids is 3. The highest BCUT2D eigenvalue weighted by Gasteiger charge is 2.22. The average Bonchev–Trinajstić information content (AvgIpc) is 3.40. The lowest BCUT2D eigenvalue weighted by Crippen LogP contribution is -2.27. The molecule has 1 fully saturated rings. The van der Waals surface area contributed by atoms with Crippen LogP contribution in [0.25, 0.3) is 0 Å². The number of Topliss-reactive ketones (excluding diaryl/α,β-unsaturated/α-hetero) is 1. The zero-order valence-electron chi connectivity index (χ0n) is 15.0. The van der Waals surface area contributed by atoms with Crippen LogP contribution < -0.4 is 0 Å². The molecule has 0 atom stereocenters. The van der Waals surface area contributed by atoms with E-state index in [1.807, 2.05) is 12.3 Å². The molecule has 1 amide bonds. The number of likely N-dealkylation sites (tertiary alicyclic amines) is 1. The predicted octanol–water partition coefficient (Wildman–Crippen LogP) is 2.67. The van der Waals surface area contributed by atoms with E-state index in [1.54, 1.807) is 16.2 Å². The Bertz CT molecular complexity index is 824. The van der Waals surface area contributed by atoms with Crippen LogP contribution in [0.3, 0.4) is 0 Å². The van der Waals surface area contributed by atoms with Gasteiger partial charge in [-0.1, -0.05) is 0 Å². The van der Waals surface area contributed by atoms with Crippen molar-refractivity contribution in [3.63, 3.8) is 0 Å². The largest absolute Gasteiger partial charge is 0.457 e. The third-order valence-electron chi connectivity index (χ3n) is 4.13. The SMILES string of the molecule is Cc1nc(CSCC(=O)OCC(=O)c2c[nH]c(C(=O)N3CCCC3)c2)cs1. The Morgan fingerprint density at radius 1 is 1.33 bits per heavy atom. The van der Waals surface area contributed by atoms with Crippen molar-refractivity contribution in [1.82, 2.24) is 14.9 Å². The molecule has 1 aliphatic heterocycles. The summed E-state index contributed by atoms with van der Waals surface area (Å²) in [7, 11) is 0. The third kappa shape index (κ3) is 5.43. The number of aryl methyl sites for hydroxylation is 1. The number of ketones is 1. The van der Waals surface area contributed by atoms with Gasteiger partial charge in [0.1, 0.15) is 5.69 Å². The number of nitrogens with one attached hydrogen (secondary N) is 1. The molecule has 2 aromatic heterocycles. The second kappa shape index (κ2) is 9.18. The molecule has 1 saturated heterocycles. The van der Waals surface area contributed by atoms with Crippen LogP contribution in [0.15, 0.2) is 17.6 Å². The van der Waals surface area contributed by atoms with Gasteiger partial charge in [-0.3, -0.25) is 14.4 Å². The number of carbonyl (C=O) groups is 3. The second-order valence-electron chi connectivity index (χ2n) is 6.24. The van der Waals surface area contributed by atoms with Gasteiger partial charge >= 0.3 is 5.97 Å². The Morgan fingerprint density at radius 2 is 2.11 bits per heavy atom. The lowest BCUT2D eigenvalue weighted by Gasteiger charge is -2.13. The molecule has 0 aliphatic carbocycles. The predicted molar refractivity (Wildman–Crippen MR) is 104 cm³/mol. The fourth-order valence-corrected chi connectivity index (χ4v) is 4.18. The molecular formula is C18H21N3O4S2. The topological polar surface area (TPSA) is 92.4 Å². The van der Waals surface area contributed by atoms with E-state index in [9.17, 15) is 14.4 Å². The number of thiazole rings is 1. The Labute approximate surface area is 165 Å². The van der Waals surface area contributed by atoms with Crippen molar-refractivity contribution in [1.29, 1.82) is 0 Å². The van der Waals surface area contributed by atoms with E-state index in [0.717, 1.165) is 36.6 Å². The summed E-state index contributed by atoms with van der Waals surface area (Å²) in [6, 6.07) is 1.52. The molecule has 9 heteroatoms. The van der Waals surface area contributed by atoms with E-state index in [1.165, 1.54) is 24.0 Å². The van der Waals surface area contributed by atoms with E-state index in [4.69, 9.17) is 4.74 Å². The van der Waals surface area contributed by atoms with Gasteiger partial charge in [0.15, 0.2) is 6.61 Å². The zero-order chi connectivity index (χ0) is 19.2. The van der Waals surface area contributed by atoms with E-state index >= 15 is 0 Å². The molecule has 0 radical (unpaired) electrons. The maximum Gasteiger partial charge on any atom is 0.316 e. The first-order chi connectivity index (χ1) is 13.0. The van der Waals surface area contributed by atoms with Gasteiger partial charge in [-0.15, -0.1) is 23.1 Å². The number of rotatable bonds is 8. The summed E-state index contributed by atoms with van der Waals surface area (Å²) in [6.07, 6.45) is 3.50. The number of hydrogen-bond acceptors (Lipinski definition) is 7. The van der Waals surface area contributed by atoms with E-state index in [2.05, 4.69) is 9.97 Å². The maximum absolute atomic E-state index is 12.3.